The molecule has 3 rings (SSSR count). The third kappa shape index (κ3) is 4.91. The predicted octanol–water partition coefficient (Wildman–Crippen LogP) is 4.99. The van der Waals surface area contributed by atoms with Gasteiger partial charge in [0.1, 0.15) is 0 Å². The van der Waals surface area contributed by atoms with Crippen molar-refractivity contribution in [2.24, 2.45) is 0 Å². The van der Waals surface area contributed by atoms with E-state index in [1.165, 1.54) is 30.0 Å². The second-order valence-corrected chi connectivity index (χ2v) is 8.97. The molecule has 1 heterocycles. The number of rotatable bonds is 6. The van der Waals surface area contributed by atoms with Crippen LogP contribution in [0.2, 0.25) is 0 Å². The van der Waals surface area contributed by atoms with Crippen molar-refractivity contribution in [2.75, 3.05) is 5.32 Å². The number of hydrogen-bond acceptors (Lipinski definition) is 6. The molecule has 0 fully saturated rings. The highest BCUT2D eigenvalue weighted by Gasteiger charge is 2.19. The minimum Gasteiger partial charge on any atom is -0.326 e. The molecule has 27 heavy (non-hydrogen) atoms. The third-order valence-electron chi connectivity index (χ3n) is 3.67. The number of aromatic nitrogens is 2. The Morgan fingerprint density at radius 2 is 1.81 bits per heavy atom. The van der Waals surface area contributed by atoms with E-state index in [0.29, 0.717) is 15.2 Å². The zero-order chi connectivity index (χ0) is 19.4. The lowest BCUT2D eigenvalue weighted by Crippen LogP contribution is -2.13. The molecule has 8 heteroatoms. The lowest BCUT2D eigenvalue weighted by atomic mass is 10.1. The number of carbonyl (C=O) groups is 2. The lowest BCUT2D eigenvalue weighted by Gasteiger charge is -2.09. The minimum atomic E-state index is -0.304. The first-order chi connectivity index (χ1) is 12.9. The molecule has 1 atom stereocenters. The fourth-order valence-electron chi connectivity index (χ4n) is 2.40. The van der Waals surface area contributed by atoms with Crippen LogP contribution >= 0.6 is 35.3 Å². The monoisotopic (exact) mass is 415 g/mol. The first-order valence-corrected chi connectivity index (χ1v) is 10.3. The van der Waals surface area contributed by atoms with Gasteiger partial charge in [0.25, 0.3) is 0 Å². The fourth-order valence-corrected chi connectivity index (χ4v) is 4.98. The molecule has 0 saturated heterocycles. The summed E-state index contributed by atoms with van der Waals surface area (Å²) in [5.74, 6) is -0.144. The molecule has 0 aliphatic rings. The van der Waals surface area contributed by atoms with Crippen molar-refractivity contribution in [3.8, 4) is 5.69 Å². The van der Waals surface area contributed by atoms with Crippen LogP contribution in [0, 0.1) is 3.95 Å². The van der Waals surface area contributed by atoms with Crippen LogP contribution in [0.4, 0.5) is 5.69 Å². The van der Waals surface area contributed by atoms with Crippen LogP contribution in [0.3, 0.4) is 0 Å². The SMILES string of the molecule is CC(=O)Nc1ccc(C(=O)C(C)Sc2nn(-c3ccccc3)c(=S)s2)cc1. The first kappa shape index (κ1) is 19.5. The van der Waals surface area contributed by atoms with Gasteiger partial charge >= 0.3 is 0 Å². The van der Waals surface area contributed by atoms with E-state index in [1.807, 2.05) is 37.3 Å². The largest absolute Gasteiger partial charge is 0.326 e. The summed E-state index contributed by atoms with van der Waals surface area (Å²) in [7, 11) is 0. The zero-order valence-electron chi connectivity index (χ0n) is 14.7. The molecule has 1 N–H and O–H groups in total. The van der Waals surface area contributed by atoms with Crippen LogP contribution in [-0.2, 0) is 4.79 Å². The maximum absolute atomic E-state index is 12.7. The number of anilines is 1. The standard InChI is InChI=1S/C19H17N3O2S3/c1-12(17(24)14-8-10-15(11-9-14)20-13(2)23)26-18-21-22(19(25)27-18)16-6-4-3-5-7-16/h3-12H,1-2H3,(H,20,23). The molecule has 1 unspecified atom stereocenters. The molecule has 0 saturated carbocycles. The van der Waals surface area contributed by atoms with E-state index in [0.717, 1.165) is 10.0 Å². The van der Waals surface area contributed by atoms with E-state index in [4.69, 9.17) is 12.2 Å². The van der Waals surface area contributed by atoms with Gasteiger partial charge in [-0.25, -0.2) is 4.68 Å². The van der Waals surface area contributed by atoms with Gasteiger partial charge in [-0.3, -0.25) is 9.59 Å². The van der Waals surface area contributed by atoms with Crippen LogP contribution in [0.1, 0.15) is 24.2 Å². The van der Waals surface area contributed by atoms with Gasteiger partial charge in [0.05, 0.1) is 10.9 Å². The quantitative estimate of drug-likeness (QED) is 0.349. The van der Waals surface area contributed by atoms with Gasteiger partial charge in [0.15, 0.2) is 14.1 Å². The Balaban J connectivity index is 1.72. The van der Waals surface area contributed by atoms with Crippen molar-refractivity contribution < 1.29 is 9.59 Å². The van der Waals surface area contributed by atoms with Gasteiger partial charge in [-0.15, -0.1) is 5.10 Å². The summed E-state index contributed by atoms with van der Waals surface area (Å²) in [6.07, 6.45) is 0. The van der Waals surface area contributed by atoms with Crippen LogP contribution in [0.5, 0.6) is 0 Å². The Morgan fingerprint density at radius 1 is 1.15 bits per heavy atom. The summed E-state index contributed by atoms with van der Waals surface area (Å²) in [6.45, 7) is 3.30. The van der Waals surface area contributed by atoms with Crippen LogP contribution in [0.15, 0.2) is 58.9 Å². The van der Waals surface area contributed by atoms with Crippen molar-refractivity contribution in [1.29, 1.82) is 0 Å². The van der Waals surface area contributed by atoms with E-state index >= 15 is 0 Å². The molecule has 0 aliphatic carbocycles. The highest BCUT2D eigenvalue weighted by molar-refractivity contribution is 8.02. The molecule has 2 aromatic carbocycles. The molecule has 0 spiro atoms. The number of thioether (sulfide) groups is 1. The average molecular weight is 416 g/mol. The van der Waals surface area contributed by atoms with E-state index in [1.54, 1.807) is 28.9 Å². The molecule has 5 nitrogen and oxygen atoms in total. The van der Waals surface area contributed by atoms with Gasteiger partial charge in [0, 0.05) is 18.2 Å². The highest BCUT2D eigenvalue weighted by atomic mass is 32.2. The summed E-state index contributed by atoms with van der Waals surface area (Å²) >= 11 is 8.18. The molecular formula is C19H17N3O2S3. The second kappa shape index (κ2) is 8.60. The van der Waals surface area contributed by atoms with E-state index in [-0.39, 0.29) is 16.9 Å². The smallest absolute Gasteiger partial charge is 0.221 e. The maximum Gasteiger partial charge on any atom is 0.221 e. The predicted molar refractivity (Wildman–Crippen MR) is 113 cm³/mol. The van der Waals surface area contributed by atoms with E-state index in [2.05, 4.69) is 10.4 Å². The highest BCUT2D eigenvalue weighted by Crippen LogP contribution is 2.29. The molecule has 1 amide bonds. The Morgan fingerprint density at radius 3 is 2.44 bits per heavy atom. The second-order valence-electron chi connectivity index (χ2n) is 5.76. The number of amides is 1. The molecule has 138 valence electrons. The molecule has 3 aromatic rings. The van der Waals surface area contributed by atoms with Crippen LogP contribution in [-0.4, -0.2) is 26.7 Å². The van der Waals surface area contributed by atoms with Gasteiger partial charge in [-0.05, 0) is 55.5 Å². The number of hydrogen-bond donors (Lipinski definition) is 1. The molecule has 0 bridgehead atoms. The number of nitrogens with one attached hydrogen (secondary N) is 1. The van der Waals surface area contributed by atoms with Crippen molar-refractivity contribution in [3.05, 3.63) is 64.1 Å². The summed E-state index contributed by atoms with van der Waals surface area (Å²) in [6, 6.07) is 16.6. The van der Waals surface area contributed by atoms with Gasteiger partial charge in [0.2, 0.25) is 5.91 Å². The number of benzene rings is 2. The first-order valence-electron chi connectivity index (χ1n) is 8.18. The maximum atomic E-state index is 12.7. The van der Waals surface area contributed by atoms with Gasteiger partial charge in [-0.2, -0.15) is 0 Å². The molecule has 0 aliphatic heterocycles. The summed E-state index contributed by atoms with van der Waals surface area (Å²) < 4.78 is 3.10. The zero-order valence-corrected chi connectivity index (χ0v) is 17.2. The Bertz CT molecular complexity index is 1010. The fraction of sp³-hybridized carbons (Fsp3) is 0.158. The topological polar surface area (TPSA) is 64.0 Å². The van der Waals surface area contributed by atoms with Crippen molar-refractivity contribution in [2.45, 2.75) is 23.4 Å². The average Bonchev–Trinajstić information content (AvgIpc) is 3.02. The number of nitrogens with zero attached hydrogens (tertiary/aromatic N) is 2. The number of carbonyl (C=O) groups excluding carboxylic acids is 2. The van der Waals surface area contributed by atoms with Crippen molar-refractivity contribution in [3.63, 3.8) is 0 Å². The Kier molecular flexibility index (Phi) is 6.20. The van der Waals surface area contributed by atoms with Crippen molar-refractivity contribution >= 4 is 52.7 Å². The normalized spacial score (nSPS) is 11.8. The van der Waals surface area contributed by atoms with Gasteiger partial charge in [-0.1, -0.05) is 41.3 Å². The molecular weight excluding hydrogens is 398 g/mol. The summed E-state index contributed by atoms with van der Waals surface area (Å²) in [5.41, 5.74) is 2.16. The van der Waals surface area contributed by atoms with Gasteiger partial charge < -0.3 is 5.32 Å². The number of Topliss-reactive ketones (excluding diaryl/α,β-unsaturated/α-hetero) is 1. The summed E-state index contributed by atoms with van der Waals surface area (Å²) in [4.78, 5) is 23.8. The third-order valence-corrected chi connectivity index (χ3v) is 6.08. The molecule has 1 aromatic heterocycles. The Hall–Kier alpha value is -2.29. The number of para-hydroxylation sites is 1. The van der Waals surface area contributed by atoms with Crippen LogP contribution in [0.25, 0.3) is 5.69 Å². The lowest BCUT2D eigenvalue weighted by molar-refractivity contribution is -0.114. The van der Waals surface area contributed by atoms with E-state index in [9.17, 15) is 9.59 Å². The van der Waals surface area contributed by atoms with Crippen molar-refractivity contribution in [1.82, 2.24) is 9.78 Å². The minimum absolute atomic E-state index is 0.00162. The molecule has 0 radical (unpaired) electrons. The number of ketones is 1. The Labute approximate surface area is 170 Å². The summed E-state index contributed by atoms with van der Waals surface area (Å²) in [5, 5.41) is 6.92. The van der Waals surface area contributed by atoms with E-state index < -0.39 is 0 Å². The van der Waals surface area contributed by atoms with Crippen LogP contribution < -0.4 is 5.32 Å².